The van der Waals surface area contributed by atoms with E-state index in [2.05, 4.69) is 12.2 Å². The largest absolute Gasteiger partial charge is 0.508 e. The SMILES string of the molecule is CC(=O)NCc1ccccc1-c1ccc([C@H]2O[C@@H](CN(C)C[C@@H](O)c3cccc(O)c3)[C@@H](C)[C@@H](c3ccc(CO)cc3)O2)cc1. The first-order valence-electron chi connectivity index (χ1n) is 15.3. The molecule has 5 atom stereocenters. The summed E-state index contributed by atoms with van der Waals surface area (Å²) < 4.78 is 13.2. The van der Waals surface area contributed by atoms with Crippen LogP contribution in [0.2, 0.25) is 0 Å². The number of aliphatic hydroxyl groups excluding tert-OH is 2. The zero-order valence-electron chi connectivity index (χ0n) is 26.0. The number of phenols is 1. The lowest BCUT2D eigenvalue weighted by Crippen LogP contribution is -2.44. The van der Waals surface area contributed by atoms with Gasteiger partial charge in [0.05, 0.1) is 24.9 Å². The second kappa shape index (κ2) is 14.8. The van der Waals surface area contributed by atoms with Crippen LogP contribution in [0, 0.1) is 5.92 Å². The number of carbonyl (C=O) groups excluding carboxylic acids is 1. The maximum absolute atomic E-state index is 11.5. The van der Waals surface area contributed by atoms with Crippen LogP contribution in [0.5, 0.6) is 5.75 Å². The topological polar surface area (TPSA) is 111 Å². The van der Waals surface area contributed by atoms with Gasteiger partial charge in [0.25, 0.3) is 0 Å². The standard InChI is InChI=1S/C37H42N2O6/c1-24-35(22-39(3)21-34(43)30-8-6-9-32(42)19-30)44-37(45-36(24)28-13-11-26(23-40)12-14-28)29-17-15-27(16-18-29)33-10-5-4-7-31(33)20-38-25(2)41/h4-19,24,34-37,40,42-43H,20-23H2,1-3H3,(H,38,41)/t24-,34-,35+,36+,37+/m1/s1. The molecule has 5 rings (SSSR count). The lowest BCUT2D eigenvalue weighted by atomic mass is 9.90. The van der Waals surface area contributed by atoms with Gasteiger partial charge in [0.15, 0.2) is 6.29 Å². The van der Waals surface area contributed by atoms with Crippen LogP contribution >= 0.6 is 0 Å². The predicted octanol–water partition coefficient (Wildman–Crippen LogP) is 5.64. The van der Waals surface area contributed by atoms with Crippen molar-refractivity contribution in [1.29, 1.82) is 0 Å². The van der Waals surface area contributed by atoms with Gasteiger partial charge in [0, 0.05) is 38.0 Å². The highest BCUT2D eigenvalue weighted by molar-refractivity contribution is 5.74. The van der Waals surface area contributed by atoms with Crippen LogP contribution in [0.4, 0.5) is 0 Å². The molecule has 4 aromatic carbocycles. The Morgan fingerprint density at radius 2 is 1.64 bits per heavy atom. The van der Waals surface area contributed by atoms with Gasteiger partial charge in [-0.3, -0.25) is 4.79 Å². The van der Waals surface area contributed by atoms with E-state index in [0.717, 1.165) is 33.4 Å². The molecule has 0 unspecified atom stereocenters. The summed E-state index contributed by atoms with van der Waals surface area (Å²) in [4.78, 5) is 13.6. The molecule has 0 radical (unpaired) electrons. The molecular formula is C37H42N2O6. The van der Waals surface area contributed by atoms with E-state index in [4.69, 9.17) is 9.47 Å². The summed E-state index contributed by atoms with van der Waals surface area (Å²) in [7, 11) is 1.95. The van der Waals surface area contributed by atoms with Crippen molar-refractivity contribution in [3.8, 4) is 16.9 Å². The quantitative estimate of drug-likeness (QED) is 0.174. The number of benzene rings is 4. The molecule has 1 aliphatic rings. The van der Waals surface area contributed by atoms with Gasteiger partial charge < -0.3 is 35.0 Å². The number of hydrogen-bond donors (Lipinski definition) is 4. The summed E-state index contributed by atoms with van der Waals surface area (Å²) >= 11 is 0. The number of rotatable bonds is 11. The summed E-state index contributed by atoms with van der Waals surface area (Å²) in [6, 6.07) is 30.6. The van der Waals surface area contributed by atoms with Crippen LogP contribution in [0.15, 0.2) is 97.1 Å². The molecule has 1 amide bonds. The molecule has 0 spiro atoms. The number of nitrogens with zero attached hydrogens (tertiary/aromatic N) is 1. The van der Waals surface area contributed by atoms with Gasteiger partial charge >= 0.3 is 0 Å². The average Bonchev–Trinajstić information content (AvgIpc) is 3.05. The molecule has 8 nitrogen and oxygen atoms in total. The molecule has 0 aliphatic carbocycles. The average molecular weight is 611 g/mol. The van der Waals surface area contributed by atoms with Crippen molar-refractivity contribution in [2.75, 3.05) is 20.1 Å². The minimum Gasteiger partial charge on any atom is -0.508 e. The number of aliphatic hydroxyl groups is 2. The first kappa shape index (κ1) is 32.3. The molecule has 0 saturated carbocycles. The minimum atomic E-state index is -0.768. The second-order valence-corrected chi connectivity index (χ2v) is 11.8. The molecule has 8 heteroatoms. The van der Waals surface area contributed by atoms with Crippen molar-refractivity contribution in [2.45, 2.75) is 51.6 Å². The van der Waals surface area contributed by atoms with E-state index in [9.17, 15) is 20.1 Å². The van der Waals surface area contributed by atoms with E-state index in [1.165, 1.54) is 6.92 Å². The van der Waals surface area contributed by atoms with E-state index in [-0.39, 0.29) is 36.4 Å². The molecule has 1 heterocycles. The minimum absolute atomic E-state index is 0.0125. The van der Waals surface area contributed by atoms with Crippen LogP contribution in [0.1, 0.15) is 60.2 Å². The number of carbonyl (C=O) groups is 1. The zero-order valence-corrected chi connectivity index (χ0v) is 26.0. The van der Waals surface area contributed by atoms with Crippen LogP contribution < -0.4 is 5.32 Å². The zero-order chi connectivity index (χ0) is 31.9. The normalized spacial score (nSPS) is 20.6. The molecule has 1 aliphatic heterocycles. The molecule has 1 saturated heterocycles. The van der Waals surface area contributed by atoms with Crippen molar-refractivity contribution in [2.24, 2.45) is 5.92 Å². The second-order valence-electron chi connectivity index (χ2n) is 11.8. The number of amides is 1. The number of aromatic hydroxyl groups is 1. The third-order valence-corrected chi connectivity index (χ3v) is 8.39. The molecule has 4 N–H and O–H groups in total. The molecule has 0 bridgehead atoms. The van der Waals surface area contributed by atoms with Gasteiger partial charge in [0.2, 0.25) is 5.91 Å². The Morgan fingerprint density at radius 3 is 2.33 bits per heavy atom. The Hall–Kier alpha value is -4.05. The Morgan fingerprint density at radius 1 is 0.933 bits per heavy atom. The fraction of sp³-hybridized carbons (Fsp3) is 0.324. The molecule has 236 valence electrons. The molecule has 45 heavy (non-hydrogen) atoms. The predicted molar refractivity (Wildman–Crippen MR) is 173 cm³/mol. The highest BCUT2D eigenvalue weighted by Gasteiger charge is 2.39. The number of phenolic OH excluding ortho intramolecular Hbond substituents is 1. The summed E-state index contributed by atoms with van der Waals surface area (Å²) in [6.07, 6.45) is -1.87. The van der Waals surface area contributed by atoms with Gasteiger partial charge in [-0.25, -0.2) is 0 Å². The maximum Gasteiger partial charge on any atom is 0.217 e. The van der Waals surface area contributed by atoms with Crippen LogP contribution in [0.3, 0.4) is 0 Å². The van der Waals surface area contributed by atoms with Gasteiger partial charge in [-0.05, 0) is 52.6 Å². The van der Waals surface area contributed by atoms with Gasteiger partial charge in [-0.2, -0.15) is 0 Å². The van der Waals surface area contributed by atoms with Crippen LogP contribution in [-0.2, 0) is 27.4 Å². The van der Waals surface area contributed by atoms with Crippen molar-refractivity contribution in [3.63, 3.8) is 0 Å². The number of likely N-dealkylation sites (N-methyl/N-ethyl adjacent to an activating group) is 1. The fourth-order valence-electron chi connectivity index (χ4n) is 5.84. The first-order valence-corrected chi connectivity index (χ1v) is 15.3. The lowest BCUT2D eigenvalue weighted by Gasteiger charge is -2.42. The third-order valence-electron chi connectivity index (χ3n) is 8.39. The summed E-state index contributed by atoms with van der Waals surface area (Å²) in [6.45, 7) is 4.97. The van der Waals surface area contributed by atoms with Crippen LogP contribution in [-0.4, -0.2) is 52.4 Å². The van der Waals surface area contributed by atoms with E-state index in [1.807, 2.05) is 84.7 Å². The van der Waals surface area contributed by atoms with Crippen molar-refractivity contribution in [1.82, 2.24) is 10.2 Å². The first-order chi connectivity index (χ1) is 21.7. The summed E-state index contributed by atoms with van der Waals surface area (Å²) in [5.74, 6) is 0.0350. The number of ether oxygens (including phenoxy) is 2. The van der Waals surface area contributed by atoms with Crippen LogP contribution in [0.25, 0.3) is 11.1 Å². The fourth-order valence-corrected chi connectivity index (χ4v) is 5.84. The molecule has 1 fully saturated rings. The maximum atomic E-state index is 11.5. The Labute approximate surface area is 264 Å². The Kier molecular flexibility index (Phi) is 10.7. The van der Waals surface area contributed by atoms with E-state index in [1.54, 1.807) is 24.3 Å². The van der Waals surface area contributed by atoms with Gasteiger partial charge in [-0.1, -0.05) is 91.9 Å². The van der Waals surface area contributed by atoms with E-state index >= 15 is 0 Å². The van der Waals surface area contributed by atoms with Crippen molar-refractivity contribution < 1.29 is 29.6 Å². The Bertz CT molecular complexity index is 1560. The molecule has 0 aromatic heterocycles. The van der Waals surface area contributed by atoms with Gasteiger partial charge in [-0.15, -0.1) is 0 Å². The Balaban J connectivity index is 1.37. The summed E-state index contributed by atoms with van der Waals surface area (Å²) in [5, 5.41) is 33.2. The van der Waals surface area contributed by atoms with E-state index in [0.29, 0.717) is 25.2 Å². The van der Waals surface area contributed by atoms with Crippen molar-refractivity contribution in [3.05, 3.63) is 125 Å². The van der Waals surface area contributed by atoms with Crippen molar-refractivity contribution >= 4 is 5.91 Å². The highest BCUT2D eigenvalue weighted by atomic mass is 16.7. The number of nitrogens with one attached hydrogen (secondary N) is 1. The van der Waals surface area contributed by atoms with Gasteiger partial charge in [0.1, 0.15) is 5.75 Å². The molecular weight excluding hydrogens is 568 g/mol. The smallest absolute Gasteiger partial charge is 0.217 e. The number of hydrogen-bond acceptors (Lipinski definition) is 7. The van der Waals surface area contributed by atoms with E-state index < -0.39 is 12.4 Å². The lowest BCUT2D eigenvalue weighted by molar-refractivity contribution is -0.276. The monoisotopic (exact) mass is 610 g/mol. The molecule has 4 aromatic rings. The third kappa shape index (κ3) is 8.16. The summed E-state index contributed by atoms with van der Waals surface area (Å²) in [5.41, 5.74) is 6.48. The highest BCUT2D eigenvalue weighted by Crippen LogP contribution is 2.42.